The van der Waals surface area contributed by atoms with Crippen LogP contribution < -0.4 is 4.74 Å². The van der Waals surface area contributed by atoms with Crippen molar-refractivity contribution in [1.29, 1.82) is 0 Å². The summed E-state index contributed by atoms with van der Waals surface area (Å²) in [5.41, 5.74) is 12.4. The summed E-state index contributed by atoms with van der Waals surface area (Å²) in [5, 5.41) is 7.15. The van der Waals surface area contributed by atoms with E-state index in [2.05, 4.69) is 114 Å². The largest absolute Gasteiger partial charge is 2.00 e. The molecule has 0 amide bonds. The van der Waals surface area contributed by atoms with Crippen LogP contribution in [0.2, 0.25) is 0 Å². The fourth-order valence-electron chi connectivity index (χ4n) is 7.56. The molecule has 0 saturated heterocycles. The van der Waals surface area contributed by atoms with Crippen molar-refractivity contribution in [1.82, 2.24) is 19.3 Å². The van der Waals surface area contributed by atoms with Gasteiger partial charge in [0.25, 0.3) is 0 Å². The standard InChI is InChI=1S/C45H46N4O.Pt/c1-8-13-32-24-33(14-9-2)44(30(5)6)45(43(32)29(3)4)34-27-47-48(28-34)35-15-12-16-36(25-35)50-37-19-20-39-38-17-10-11-18-40(38)49(41(39)26-37)42-23-31(7)21-22-46-42;/h10-12,15-24,27-30H,8-9,13-14H2,1-7H3;/q-2;+2. The number of fused-ring (bicyclic) bond motifs is 3. The quantitative estimate of drug-likeness (QED) is 0.122. The van der Waals surface area contributed by atoms with Gasteiger partial charge in [-0.15, -0.1) is 35.7 Å². The number of para-hydroxylation sites is 1. The Bertz CT molecular complexity index is 2280. The van der Waals surface area contributed by atoms with Gasteiger partial charge in [0.05, 0.1) is 6.20 Å². The molecule has 0 saturated carbocycles. The molecule has 0 aliphatic rings. The molecular formula is C45H46N4OPt. The number of aromatic nitrogens is 4. The van der Waals surface area contributed by atoms with Crippen molar-refractivity contribution in [2.45, 2.75) is 86.0 Å². The first kappa shape index (κ1) is 36.3. The third kappa shape index (κ3) is 7.06. The third-order valence-corrected chi connectivity index (χ3v) is 9.55. The number of aryl methyl sites for hydroxylation is 3. The Labute approximate surface area is 317 Å². The van der Waals surface area contributed by atoms with E-state index in [1.807, 2.05) is 47.4 Å². The number of nitrogens with zero attached hydrogens (tertiary/aromatic N) is 4. The van der Waals surface area contributed by atoms with Gasteiger partial charge in [0.1, 0.15) is 5.82 Å². The Kier molecular flexibility index (Phi) is 11.0. The van der Waals surface area contributed by atoms with Crippen LogP contribution in [0.15, 0.2) is 91.4 Å². The van der Waals surface area contributed by atoms with Crippen molar-refractivity contribution in [2.75, 3.05) is 0 Å². The Morgan fingerprint density at radius 1 is 0.765 bits per heavy atom. The van der Waals surface area contributed by atoms with Crippen molar-refractivity contribution in [3.8, 4) is 34.1 Å². The van der Waals surface area contributed by atoms with Gasteiger partial charge in [-0.1, -0.05) is 84.2 Å². The zero-order chi connectivity index (χ0) is 34.9. The molecule has 51 heavy (non-hydrogen) atoms. The predicted molar refractivity (Wildman–Crippen MR) is 206 cm³/mol. The molecule has 5 nitrogen and oxygen atoms in total. The number of pyridine rings is 1. The fourth-order valence-corrected chi connectivity index (χ4v) is 7.56. The van der Waals surface area contributed by atoms with Crippen LogP contribution in [0.1, 0.15) is 94.0 Å². The minimum Gasteiger partial charge on any atom is -0.509 e. The second-order valence-electron chi connectivity index (χ2n) is 14.0. The summed E-state index contributed by atoms with van der Waals surface area (Å²) in [6.45, 7) is 15.9. The molecule has 0 aliphatic carbocycles. The molecule has 0 spiro atoms. The second-order valence-corrected chi connectivity index (χ2v) is 14.0. The third-order valence-electron chi connectivity index (χ3n) is 9.55. The van der Waals surface area contributed by atoms with Gasteiger partial charge in [-0.2, -0.15) is 17.2 Å². The molecule has 0 bridgehead atoms. The van der Waals surface area contributed by atoms with E-state index in [9.17, 15) is 0 Å². The number of ether oxygens (including phenoxy) is 1. The first-order valence-electron chi connectivity index (χ1n) is 18.1. The van der Waals surface area contributed by atoms with Crippen LogP contribution in [0.3, 0.4) is 0 Å². The molecule has 3 aromatic heterocycles. The van der Waals surface area contributed by atoms with Crippen LogP contribution in [-0.2, 0) is 33.9 Å². The zero-order valence-corrected chi connectivity index (χ0v) is 32.9. The zero-order valence-electron chi connectivity index (χ0n) is 30.7. The number of hydrogen-bond acceptors (Lipinski definition) is 3. The molecule has 0 N–H and O–H groups in total. The first-order valence-corrected chi connectivity index (χ1v) is 18.1. The van der Waals surface area contributed by atoms with Gasteiger partial charge < -0.3 is 9.30 Å². The maximum Gasteiger partial charge on any atom is 2.00 e. The Balaban J connectivity index is 0.00000448. The average Bonchev–Trinajstić information content (AvgIpc) is 3.71. The van der Waals surface area contributed by atoms with Crippen LogP contribution in [-0.4, -0.2) is 19.3 Å². The number of hydrogen-bond donors (Lipinski definition) is 0. The summed E-state index contributed by atoms with van der Waals surface area (Å²) >= 11 is 0. The number of rotatable bonds is 11. The molecule has 7 rings (SSSR count). The number of benzene rings is 4. The van der Waals surface area contributed by atoms with Crippen LogP contribution in [0.25, 0.3) is 44.4 Å². The van der Waals surface area contributed by atoms with Crippen LogP contribution in [0.4, 0.5) is 0 Å². The van der Waals surface area contributed by atoms with Crippen LogP contribution >= 0.6 is 0 Å². The molecular weight excluding hydrogens is 808 g/mol. The van der Waals surface area contributed by atoms with Gasteiger partial charge >= 0.3 is 21.1 Å². The van der Waals surface area contributed by atoms with Gasteiger partial charge in [-0.25, -0.2) is 4.98 Å². The predicted octanol–water partition coefficient (Wildman–Crippen LogP) is 11.9. The second kappa shape index (κ2) is 15.4. The molecule has 0 aliphatic heterocycles. The van der Waals surface area contributed by atoms with E-state index < -0.39 is 0 Å². The van der Waals surface area contributed by atoms with Crippen molar-refractivity contribution in [2.24, 2.45) is 0 Å². The van der Waals surface area contributed by atoms with Crippen LogP contribution in [0, 0.1) is 19.1 Å². The Hall–Kier alpha value is -4.47. The minimum absolute atomic E-state index is 0. The van der Waals surface area contributed by atoms with E-state index in [1.54, 1.807) is 0 Å². The summed E-state index contributed by atoms with van der Waals surface area (Å²) < 4.78 is 10.5. The summed E-state index contributed by atoms with van der Waals surface area (Å²) in [6, 6.07) is 32.1. The molecule has 3 heterocycles. The molecule has 7 aromatic rings. The normalized spacial score (nSPS) is 11.5. The molecule has 6 heteroatoms. The van der Waals surface area contributed by atoms with Crippen LogP contribution in [0.5, 0.6) is 11.5 Å². The molecule has 4 aromatic carbocycles. The van der Waals surface area contributed by atoms with E-state index in [1.165, 1.54) is 27.8 Å². The monoisotopic (exact) mass is 853 g/mol. The van der Waals surface area contributed by atoms with E-state index in [-0.39, 0.29) is 21.1 Å². The van der Waals surface area contributed by atoms with Gasteiger partial charge in [0.2, 0.25) is 0 Å². The van der Waals surface area contributed by atoms with Gasteiger partial charge in [-0.05, 0) is 94.3 Å². The maximum absolute atomic E-state index is 6.45. The van der Waals surface area contributed by atoms with Crippen molar-refractivity contribution >= 4 is 21.8 Å². The van der Waals surface area contributed by atoms with Gasteiger partial charge in [0, 0.05) is 35.0 Å². The summed E-state index contributed by atoms with van der Waals surface area (Å²) in [5.74, 6) is 2.88. The Morgan fingerprint density at radius 3 is 2.16 bits per heavy atom. The molecule has 0 atom stereocenters. The topological polar surface area (TPSA) is 44.9 Å². The van der Waals surface area contributed by atoms with E-state index in [4.69, 9.17) is 14.8 Å². The summed E-state index contributed by atoms with van der Waals surface area (Å²) in [7, 11) is 0. The smallest absolute Gasteiger partial charge is 0.509 e. The van der Waals surface area contributed by atoms with E-state index in [0.717, 1.165) is 70.1 Å². The summed E-state index contributed by atoms with van der Waals surface area (Å²) in [6.07, 6.45) is 10.5. The average molecular weight is 854 g/mol. The van der Waals surface area contributed by atoms with Gasteiger partial charge in [0.15, 0.2) is 0 Å². The van der Waals surface area contributed by atoms with Gasteiger partial charge in [-0.3, -0.25) is 4.68 Å². The molecule has 0 radical (unpaired) electrons. The van der Waals surface area contributed by atoms with Crippen molar-refractivity contribution in [3.63, 3.8) is 0 Å². The fraction of sp³-hybridized carbons (Fsp3) is 0.289. The Morgan fingerprint density at radius 2 is 1.47 bits per heavy atom. The minimum atomic E-state index is 0. The molecule has 262 valence electrons. The van der Waals surface area contributed by atoms with Crippen molar-refractivity contribution in [3.05, 3.63) is 131 Å². The first-order chi connectivity index (χ1) is 24.3. The molecule has 0 unspecified atom stereocenters. The summed E-state index contributed by atoms with van der Waals surface area (Å²) in [4.78, 5) is 4.71. The van der Waals surface area contributed by atoms with E-state index in [0.29, 0.717) is 23.3 Å². The maximum atomic E-state index is 6.45. The van der Waals surface area contributed by atoms with E-state index >= 15 is 0 Å². The molecule has 0 fully saturated rings. The van der Waals surface area contributed by atoms with Crippen molar-refractivity contribution < 1.29 is 25.8 Å². The SMILES string of the molecule is CCCc1cc(CCC)c(C(C)C)c(-c2cnn(-c3[c-]c(Oc4[c-]c5c(cc4)c4ccccc4n5-c4cc(C)ccn4)ccc3)c2)c1C(C)C.[Pt+2].